The Morgan fingerprint density at radius 2 is 1.76 bits per heavy atom. The zero-order valence-corrected chi connectivity index (χ0v) is 14.5. The minimum Gasteiger partial charge on any atom is -0.313 e. The molecule has 1 aliphatic carbocycles. The van der Waals surface area contributed by atoms with Gasteiger partial charge in [0.05, 0.1) is 0 Å². The largest absolute Gasteiger partial charge is 0.313 e. The van der Waals surface area contributed by atoms with Crippen molar-refractivity contribution in [3.63, 3.8) is 0 Å². The van der Waals surface area contributed by atoms with Crippen LogP contribution in [-0.4, -0.2) is 12.6 Å². The van der Waals surface area contributed by atoms with Crippen molar-refractivity contribution in [1.29, 1.82) is 0 Å². The van der Waals surface area contributed by atoms with Crippen molar-refractivity contribution < 1.29 is 0 Å². The molecule has 1 aromatic rings. The molecule has 1 aliphatic rings. The van der Waals surface area contributed by atoms with E-state index in [1.165, 1.54) is 24.8 Å². The van der Waals surface area contributed by atoms with Crippen molar-refractivity contribution >= 4 is 0 Å². The molecule has 1 nitrogen and oxygen atoms in total. The van der Waals surface area contributed by atoms with Crippen molar-refractivity contribution in [3.8, 4) is 0 Å². The Hall–Kier alpha value is -0.820. The van der Waals surface area contributed by atoms with Crippen LogP contribution in [0, 0.1) is 17.8 Å². The van der Waals surface area contributed by atoms with E-state index in [1.807, 2.05) is 0 Å². The van der Waals surface area contributed by atoms with Crippen molar-refractivity contribution in [2.75, 3.05) is 6.54 Å². The Morgan fingerprint density at radius 3 is 2.33 bits per heavy atom. The molecule has 1 fully saturated rings. The number of rotatable bonds is 5. The van der Waals surface area contributed by atoms with Gasteiger partial charge in [-0.1, -0.05) is 71.4 Å². The van der Waals surface area contributed by atoms with Gasteiger partial charge < -0.3 is 5.32 Å². The maximum atomic E-state index is 3.83. The number of likely N-dealkylation sites (N-methyl/N-ethyl adjacent to an activating group) is 1. The summed E-state index contributed by atoms with van der Waals surface area (Å²) in [7, 11) is 0. The molecule has 0 spiro atoms. The van der Waals surface area contributed by atoms with E-state index >= 15 is 0 Å². The highest BCUT2D eigenvalue weighted by Gasteiger charge is 2.39. The van der Waals surface area contributed by atoms with E-state index in [1.54, 1.807) is 0 Å². The molecule has 118 valence electrons. The summed E-state index contributed by atoms with van der Waals surface area (Å²) < 4.78 is 0. The molecule has 2 rings (SSSR count). The monoisotopic (exact) mass is 287 g/mol. The number of nitrogens with one attached hydrogen (secondary N) is 1. The first-order valence-corrected chi connectivity index (χ1v) is 8.75. The first-order valence-electron chi connectivity index (χ1n) is 8.75. The fourth-order valence-corrected chi connectivity index (χ4v) is 4.17. The van der Waals surface area contributed by atoms with Gasteiger partial charge in [0.1, 0.15) is 0 Å². The molecule has 1 N–H and O–H groups in total. The van der Waals surface area contributed by atoms with Gasteiger partial charge >= 0.3 is 0 Å². The summed E-state index contributed by atoms with van der Waals surface area (Å²) >= 11 is 0. The van der Waals surface area contributed by atoms with E-state index in [9.17, 15) is 0 Å². The Labute approximate surface area is 131 Å². The van der Waals surface area contributed by atoms with Gasteiger partial charge in [-0.25, -0.2) is 0 Å². The summed E-state index contributed by atoms with van der Waals surface area (Å²) in [6.45, 7) is 13.0. The third-order valence-electron chi connectivity index (χ3n) is 5.83. The predicted molar refractivity (Wildman–Crippen MR) is 92.6 cm³/mol. The Balaban J connectivity index is 2.22. The summed E-state index contributed by atoms with van der Waals surface area (Å²) in [6.07, 6.45) is 4.13. The highest BCUT2D eigenvalue weighted by molar-refractivity contribution is 5.26. The fourth-order valence-electron chi connectivity index (χ4n) is 4.17. The molecular weight excluding hydrogens is 254 g/mol. The van der Waals surface area contributed by atoms with E-state index in [2.05, 4.69) is 70.3 Å². The summed E-state index contributed by atoms with van der Waals surface area (Å²) in [6, 6.07) is 11.6. The van der Waals surface area contributed by atoms with Crippen LogP contribution >= 0.6 is 0 Å². The fraction of sp³-hybridized carbons (Fsp3) is 0.700. The maximum Gasteiger partial charge on any atom is 0.0187 e. The molecule has 1 heteroatoms. The lowest BCUT2D eigenvalue weighted by Crippen LogP contribution is -2.51. The lowest BCUT2D eigenvalue weighted by Gasteiger charge is -2.44. The SMILES string of the molecule is CCNC(C1CCC(C)C(C)C1)C(C)(C)c1ccccc1. The Morgan fingerprint density at radius 1 is 1.10 bits per heavy atom. The van der Waals surface area contributed by atoms with Crippen LogP contribution in [-0.2, 0) is 5.41 Å². The Kier molecular flexibility index (Phi) is 5.48. The maximum absolute atomic E-state index is 3.83. The lowest BCUT2D eigenvalue weighted by atomic mass is 9.65. The number of hydrogen-bond acceptors (Lipinski definition) is 1. The van der Waals surface area contributed by atoms with Crippen LogP contribution in [0.3, 0.4) is 0 Å². The smallest absolute Gasteiger partial charge is 0.0187 e. The second-order valence-corrected chi connectivity index (χ2v) is 7.65. The van der Waals surface area contributed by atoms with Gasteiger partial charge in [-0.15, -0.1) is 0 Å². The number of hydrogen-bond donors (Lipinski definition) is 1. The normalized spacial score (nSPS) is 28.3. The molecule has 0 heterocycles. The minimum absolute atomic E-state index is 0.183. The van der Waals surface area contributed by atoms with Gasteiger partial charge in [0.25, 0.3) is 0 Å². The molecule has 0 radical (unpaired) electrons. The Bertz CT molecular complexity index is 423. The molecule has 0 aromatic heterocycles. The lowest BCUT2D eigenvalue weighted by molar-refractivity contribution is 0.136. The van der Waals surface area contributed by atoms with Crippen molar-refractivity contribution in [2.24, 2.45) is 17.8 Å². The van der Waals surface area contributed by atoms with Gasteiger partial charge in [-0.3, -0.25) is 0 Å². The molecule has 0 bridgehead atoms. The number of benzene rings is 1. The first kappa shape index (κ1) is 16.5. The molecule has 21 heavy (non-hydrogen) atoms. The average molecular weight is 287 g/mol. The van der Waals surface area contributed by atoms with E-state index in [4.69, 9.17) is 0 Å². The third kappa shape index (κ3) is 3.69. The van der Waals surface area contributed by atoms with Crippen LogP contribution in [0.4, 0.5) is 0 Å². The molecule has 0 saturated heterocycles. The highest BCUT2D eigenvalue weighted by atomic mass is 14.9. The van der Waals surface area contributed by atoms with Crippen LogP contribution < -0.4 is 5.32 Å². The van der Waals surface area contributed by atoms with Gasteiger partial charge in [0.15, 0.2) is 0 Å². The molecular formula is C20H33N. The topological polar surface area (TPSA) is 12.0 Å². The third-order valence-corrected chi connectivity index (χ3v) is 5.83. The van der Waals surface area contributed by atoms with Gasteiger partial charge in [0.2, 0.25) is 0 Å². The minimum atomic E-state index is 0.183. The molecule has 0 amide bonds. The predicted octanol–water partition coefficient (Wildman–Crippen LogP) is 5.01. The van der Waals surface area contributed by atoms with E-state index in [0.717, 1.165) is 24.3 Å². The first-order chi connectivity index (χ1) is 9.96. The average Bonchev–Trinajstić information content (AvgIpc) is 2.48. The van der Waals surface area contributed by atoms with Crippen molar-refractivity contribution in [1.82, 2.24) is 5.32 Å². The molecule has 1 saturated carbocycles. The summed E-state index contributed by atoms with van der Waals surface area (Å²) in [5, 5.41) is 3.83. The molecule has 4 atom stereocenters. The molecule has 4 unspecified atom stereocenters. The summed E-state index contributed by atoms with van der Waals surface area (Å²) in [5.74, 6) is 2.55. The van der Waals surface area contributed by atoms with Crippen LogP contribution in [0.5, 0.6) is 0 Å². The summed E-state index contributed by atoms with van der Waals surface area (Å²) in [4.78, 5) is 0. The van der Waals surface area contributed by atoms with E-state index in [-0.39, 0.29) is 5.41 Å². The van der Waals surface area contributed by atoms with Gasteiger partial charge in [-0.2, -0.15) is 0 Å². The zero-order valence-electron chi connectivity index (χ0n) is 14.5. The molecule has 1 aromatic carbocycles. The van der Waals surface area contributed by atoms with E-state index in [0.29, 0.717) is 6.04 Å². The van der Waals surface area contributed by atoms with Crippen LogP contribution in [0.2, 0.25) is 0 Å². The van der Waals surface area contributed by atoms with Gasteiger partial charge in [0, 0.05) is 11.5 Å². The second kappa shape index (κ2) is 6.96. The van der Waals surface area contributed by atoms with Crippen LogP contribution in [0.1, 0.15) is 59.4 Å². The van der Waals surface area contributed by atoms with Crippen molar-refractivity contribution in [2.45, 2.75) is 65.3 Å². The standard InChI is InChI=1S/C20H33N/c1-6-21-19(17-13-12-15(2)16(3)14-17)20(4,5)18-10-8-7-9-11-18/h7-11,15-17,19,21H,6,12-14H2,1-5H3. The molecule has 0 aliphatic heterocycles. The van der Waals surface area contributed by atoms with Crippen molar-refractivity contribution in [3.05, 3.63) is 35.9 Å². The summed E-state index contributed by atoms with van der Waals surface area (Å²) in [5.41, 5.74) is 1.64. The van der Waals surface area contributed by atoms with Crippen LogP contribution in [0.15, 0.2) is 30.3 Å². The second-order valence-electron chi connectivity index (χ2n) is 7.65. The van der Waals surface area contributed by atoms with Crippen LogP contribution in [0.25, 0.3) is 0 Å². The zero-order chi connectivity index (χ0) is 15.5. The highest BCUT2D eigenvalue weighted by Crippen LogP contribution is 2.41. The van der Waals surface area contributed by atoms with E-state index < -0.39 is 0 Å². The van der Waals surface area contributed by atoms with Gasteiger partial charge in [-0.05, 0) is 42.7 Å². The quantitative estimate of drug-likeness (QED) is 0.802.